The zero-order valence-corrected chi connectivity index (χ0v) is 17.1. The van der Waals surface area contributed by atoms with Gasteiger partial charge in [-0.15, -0.1) is 24.0 Å². The predicted molar refractivity (Wildman–Crippen MR) is 107 cm³/mol. The van der Waals surface area contributed by atoms with E-state index in [1.807, 2.05) is 14.0 Å². The SMILES string of the molecule is CCOCCCCNC(=NC)NCCCCN1CCOCC1.I. The molecule has 2 N–H and O–H groups in total. The number of morpholine rings is 1. The first kappa shape index (κ1) is 22.9. The number of nitrogens with one attached hydrogen (secondary N) is 2. The predicted octanol–water partition coefficient (Wildman–Crippen LogP) is 1.70. The van der Waals surface area contributed by atoms with Gasteiger partial charge in [-0.05, 0) is 39.2 Å². The van der Waals surface area contributed by atoms with Gasteiger partial charge in [0.15, 0.2) is 5.96 Å². The van der Waals surface area contributed by atoms with E-state index in [0.717, 1.165) is 71.4 Å². The third-order valence-corrected chi connectivity index (χ3v) is 3.73. The number of rotatable bonds is 11. The van der Waals surface area contributed by atoms with Crippen LogP contribution in [-0.4, -0.2) is 77.1 Å². The lowest BCUT2D eigenvalue weighted by Gasteiger charge is -2.26. The number of hydrogen-bond donors (Lipinski definition) is 2. The van der Waals surface area contributed by atoms with Crippen LogP contribution < -0.4 is 10.6 Å². The zero-order chi connectivity index (χ0) is 15.9. The fourth-order valence-electron chi connectivity index (χ4n) is 2.39. The van der Waals surface area contributed by atoms with Crippen LogP contribution in [-0.2, 0) is 9.47 Å². The summed E-state index contributed by atoms with van der Waals surface area (Å²) in [5.41, 5.74) is 0. The molecule has 1 fully saturated rings. The number of unbranched alkanes of at least 4 members (excludes halogenated alkanes) is 2. The molecule has 0 bridgehead atoms. The highest BCUT2D eigenvalue weighted by atomic mass is 127. The van der Waals surface area contributed by atoms with E-state index in [-0.39, 0.29) is 24.0 Å². The molecule has 0 aromatic heterocycles. The largest absolute Gasteiger partial charge is 0.382 e. The van der Waals surface area contributed by atoms with E-state index in [1.165, 1.54) is 19.4 Å². The number of hydrogen-bond acceptors (Lipinski definition) is 4. The second-order valence-corrected chi connectivity index (χ2v) is 5.49. The van der Waals surface area contributed by atoms with Crippen LogP contribution in [0.1, 0.15) is 32.6 Å². The Labute approximate surface area is 158 Å². The topological polar surface area (TPSA) is 58.1 Å². The highest BCUT2D eigenvalue weighted by molar-refractivity contribution is 14.0. The van der Waals surface area contributed by atoms with Gasteiger partial charge < -0.3 is 20.1 Å². The lowest BCUT2D eigenvalue weighted by Crippen LogP contribution is -2.39. The summed E-state index contributed by atoms with van der Waals surface area (Å²) in [6.07, 6.45) is 4.59. The van der Waals surface area contributed by atoms with Gasteiger partial charge in [0.2, 0.25) is 0 Å². The molecular weight excluding hydrogens is 407 g/mol. The minimum absolute atomic E-state index is 0. The minimum atomic E-state index is 0. The third kappa shape index (κ3) is 12.9. The molecule has 0 aliphatic carbocycles. The van der Waals surface area contributed by atoms with Gasteiger partial charge in [0.05, 0.1) is 13.2 Å². The van der Waals surface area contributed by atoms with E-state index in [4.69, 9.17) is 9.47 Å². The summed E-state index contributed by atoms with van der Waals surface area (Å²) in [4.78, 5) is 6.73. The van der Waals surface area contributed by atoms with Gasteiger partial charge in [0.1, 0.15) is 0 Å². The second-order valence-electron chi connectivity index (χ2n) is 5.49. The van der Waals surface area contributed by atoms with Crippen LogP contribution in [0.15, 0.2) is 4.99 Å². The number of nitrogens with zero attached hydrogens (tertiary/aromatic N) is 2. The van der Waals surface area contributed by atoms with Crippen LogP contribution >= 0.6 is 24.0 Å². The van der Waals surface area contributed by atoms with E-state index in [9.17, 15) is 0 Å². The van der Waals surface area contributed by atoms with Crippen molar-refractivity contribution in [3.05, 3.63) is 0 Å². The molecule has 6 nitrogen and oxygen atoms in total. The lowest BCUT2D eigenvalue weighted by molar-refractivity contribution is 0.0372. The van der Waals surface area contributed by atoms with Gasteiger partial charge in [0.25, 0.3) is 0 Å². The molecule has 1 heterocycles. The maximum Gasteiger partial charge on any atom is 0.190 e. The Bertz CT molecular complexity index is 287. The van der Waals surface area contributed by atoms with E-state index in [1.54, 1.807) is 0 Å². The first-order valence-electron chi connectivity index (χ1n) is 8.69. The van der Waals surface area contributed by atoms with Crippen LogP contribution in [0.3, 0.4) is 0 Å². The molecule has 1 aliphatic rings. The van der Waals surface area contributed by atoms with E-state index in [0.29, 0.717) is 0 Å². The Balaban J connectivity index is 0.00000484. The third-order valence-electron chi connectivity index (χ3n) is 3.73. The highest BCUT2D eigenvalue weighted by Crippen LogP contribution is 1.99. The van der Waals surface area contributed by atoms with Crippen molar-refractivity contribution in [1.82, 2.24) is 15.5 Å². The molecule has 0 spiro atoms. The van der Waals surface area contributed by atoms with Crippen molar-refractivity contribution in [2.75, 3.05) is 66.2 Å². The van der Waals surface area contributed by atoms with Gasteiger partial charge >= 0.3 is 0 Å². The van der Waals surface area contributed by atoms with Crippen molar-refractivity contribution in [3.8, 4) is 0 Å². The first-order chi connectivity index (χ1) is 10.9. The van der Waals surface area contributed by atoms with Crippen LogP contribution in [0.4, 0.5) is 0 Å². The molecule has 138 valence electrons. The average molecular weight is 442 g/mol. The van der Waals surface area contributed by atoms with Crippen molar-refractivity contribution in [1.29, 1.82) is 0 Å². The van der Waals surface area contributed by atoms with Crippen LogP contribution in [0, 0.1) is 0 Å². The summed E-state index contributed by atoms with van der Waals surface area (Å²) in [7, 11) is 1.82. The van der Waals surface area contributed by atoms with Gasteiger partial charge in [-0.1, -0.05) is 0 Å². The van der Waals surface area contributed by atoms with E-state index < -0.39 is 0 Å². The monoisotopic (exact) mass is 442 g/mol. The van der Waals surface area contributed by atoms with E-state index in [2.05, 4.69) is 20.5 Å². The Morgan fingerprint density at radius 3 is 2.35 bits per heavy atom. The molecule has 1 saturated heterocycles. The molecule has 0 aromatic carbocycles. The van der Waals surface area contributed by atoms with Gasteiger partial charge in [0, 0.05) is 46.4 Å². The zero-order valence-electron chi connectivity index (χ0n) is 14.8. The van der Waals surface area contributed by atoms with E-state index >= 15 is 0 Å². The molecule has 0 radical (unpaired) electrons. The average Bonchev–Trinajstić information content (AvgIpc) is 2.56. The maximum absolute atomic E-state index is 5.36. The Hall–Kier alpha value is -0.120. The maximum atomic E-state index is 5.36. The molecule has 23 heavy (non-hydrogen) atoms. The van der Waals surface area contributed by atoms with Crippen molar-refractivity contribution in [2.24, 2.45) is 4.99 Å². The first-order valence-corrected chi connectivity index (χ1v) is 8.69. The quantitative estimate of drug-likeness (QED) is 0.221. The summed E-state index contributed by atoms with van der Waals surface area (Å²) >= 11 is 0. The van der Waals surface area contributed by atoms with Crippen LogP contribution in [0.5, 0.6) is 0 Å². The summed E-state index contributed by atoms with van der Waals surface area (Å²) in [5, 5.41) is 6.72. The lowest BCUT2D eigenvalue weighted by atomic mass is 10.2. The normalized spacial score (nSPS) is 16.0. The number of halogens is 1. The number of guanidine groups is 1. The van der Waals surface area contributed by atoms with Crippen LogP contribution in [0.25, 0.3) is 0 Å². The molecule has 0 saturated carbocycles. The Kier molecular flexibility index (Phi) is 16.6. The molecular formula is C16H35IN4O2. The standard InChI is InChI=1S/C16H34N4O2.HI/c1-3-21-13-7-5-9-19-16(17-2)18-8-4-6-10-20-11-14-22-15-12-20;/h3-15H2,1-2H3,(H2,17,18,19);1H. The fourth-order valence-corrected chi connectivity index (χ4v) is 2.39. The number of aliphatic imine (C=N–C) groups is 1. The molecule has 7 heteroatoms. The molecule has 0 amide bonds. The summed E-state index contributed by atoms with van der Waals surface area (Å²) in [6, 6.07) is 0. The molecule has 1 aliphatic heterocycles. The minimum Gasteiger partial charge on any atom is -0.382 e. The van der Waals surface area contributed by atoms with Crippen molar-refractivity contribution < 1.29 is 9.47 Å². The number of ether oxygens (including phenoxy) is 2. The molecule has 0 unspecified atom stereocenters. The van der Waals surface area contributed by atoms with Gasteiger partial charge in [-0.2, -0.15) is 0 Å². The van der Waals surface area contributed by atoms with Crippen molar-refractivity contribution in [2.45, 2.75) is 32.6 Å². The van der Waals surface area contributed by atoms with Crippen molar-refractivity contribution in [3.63, 3.8) is 0 Å². The molecule has 0 aromatic rings. The second kappa shape index (κ2) is 16.7. The summed E-state index contributed by atoms with van der Waals surface area (Å²) in [6.45, 7) is 10.7. The van der Waals surface area contributed by atoms with Crippen molar-refractivity contribution >= 4 is 29.9 Å². The van der Waals surface area contributed by atoms with Gasteiger partial charge in [-0.25, -0.2) is 0 Å². The highest BCUT2D eigenvalue weighted by Gasteiger charge is 2.08. The summed E-state index contributed by atoms with van der Waals surface area (Å²) < 4.78 is 10.7. The smallest absolute Gasteiger partial charge is 0.190 e. The van der Waals surface area contributed by atoms with Crippen LogP contribution in [0.2, 0.25) is 0 Å². The molecule has 0 atom stereocenters. The Morgan fingerprint density at radius 1 is 1.09 bits per heavy atom. The molecule has 1 rings (SSSR count). The summed E-state index contributed by atoms with van der Waals surface area (Å²) in [5.74, 6) is 0.905. The fraction of sp³-hybridized carbons (Fsp3) is 0.938. The Morgan fingerprint density at radius 2 is 1.74 bits per heavy atom. The van der Waals surface area contributed by atoms with Gasteiger partial charge in [-0.3, -0.25) is 9.89 Å².